The largest absolute Gasteiger partial charge is 0.462 e. The van der Waals surface area contributed by atoms with Gasteiger partial charge in [-0.1, -0.05) is 78.6 Å². The molecule has 0 bridgehead atoms. The Balaban J connectivity index is 0.000000280. The summed E-state index contributed by atoms with van der Waals surface area (Å²) in [6.45, 7) is 13.0. The van der Waals surface area contributed by atoms with Crippen LogP contribution in [-0.2, 0) is 9.53 Å². The lowest BCUT2D eigenvalue weighted by atomic mass is 9.95. The van der Waals surface area contributed by atoms with E-state index >= 15 is 0 Å². The van der Waals surface area contributed by atoms with E-state index in [1.54, 1.807) is 0 Å². The first-order valence-electron chi connectivity index (χ1n) is 15.3. The molecule has 2 nitrogen and oxygen atoms in total. The van der Waals surface area contributed by atoms with Gasteiger partial charge in [0.25, 0.3) is 0 Å². The number of esters is 1. The van der Waals surface area contributed by atoms with Crippen LogP contribution in [0, 0.1) is 19.8 Å². The van der Waals surface area contributed by atoms with E-state index in [1.807, 2.05) is 34.0 Å². The van der Waals surface area contributed by atoms with Crippen molar-refractivity contribution in [3.05, 3.63) is 46.2 Å². The molecule has 0 radical (unpaired) electrons. The average molecular weight is 589 g/mol. The summed E-state index contributed by atoms with van der Waals surface area (Å²) in [5, 5.41) is 0. The van der Waals surface area contributed by atoms with Crippen molar-refractivity contribution in [3.63, 3.8) is 0 Å². The molecule has 0 N–H and O–H groups in total. The van der Waals surface area contributed by atoms with Gasteiger partial charge in [0.15, 0.2) is 0 Å². The number of ether oxygens (including phenoxy) is 1. The second-order valence-corrected chi connectivity index (χ2v) is 14.4. The Labute approximate surface area is 251 Å². The fraction of sp³-hybridized carbons (Fsp3) is 0.618. The van der Waals surface area contributed by atoms with Crippen LogP contribution in [0.15, 0.2) is 36.4 Å². The minimum atomic E-state index is 0.0629. The van der Waals surface area contributed by atoms with E-state index in [2.05, 4.69) is 77.9 Å². The molecule has 3 rings (SSSR count). The molecule has 5 heteroatoms. The highest BCUT2D eigenvalue weighted by molar-refractivity contribution is 7.26. The normalized spacial score (nSPS) is 12.6. The Morgan fingerprint density at radius 1 is 0.615 bits per heavy atom. The second-order valence-electron chi connectivity index (χ2n) is 10.8. The van der Waals surface area contributed by atoms with E-state index in [1.165, 1.54) is 80.6 Å². The van der Waals surface area contributed by atoms with Crippen LogP contribution in [-0.4, -0.2) is 12.1 Å². The lowest BCUT2D eigenvalue weighted by molar-refractivity contribution is -0.154. The Hall–Kier alpha value is -1.43. The summed E-state index contributed by atoms with van der Waals surface area (Å²) in [7, 11) is 0. The summed E-state index contributed by atoms with van der Waals surface area (Å²) >= 11 is 5.62. The number of carbonyl (C=O) groups excluding carboxylic acids is 1. The Kier molecular flexibility index (Phi) is 17.0. The zero-order valence-electron chi connectivity index (χ0n) is 25.4. The number of hydrogen-bond donors (Lipinski definition) is 0. The first kappa shape index (κ1) is 33.8. The highest BCUT2D eigenvalue weighted by Gasteiger charge is 2.21. The molecular formula is C34H52O2S3. The van der Waals surface area contributed by atoms with Crippen molar-refractivity contribution in [2.75, 3.05) is 0 Å². The van der Waals surface area contributed by atoms with Crippen molar-refractivity contribution in [1.82, 2.24) is 0 Å². The third-order valence-corrected chi connectivity index (χ3v) is 10.5. The fourth-order valence-electron chi connectivity index (χ4n) is 4.60. The summed E-state index contributed by atoms with van der Waals surface area (Å²) < 4.78 is 5.71. The van der Waals surface area contributed by atoms with Gasteiger partial charge in [-0.05, 0) is 82.9 Å². The number of aryl methyl sites for hydroxylation is 2. The first-order chi connectivity index (χ1) is 18.9. The number of thiophene rings is 3. The SMILES string of the molecule is CCCCCCC(C)OC(=O)C(CCCC)CCCCCC.Cc1ccc(-c2ccc(-c3ccc(C)s3)s2)s1. The van der Waals surface area contributed by atoms with Crippen LogP contribution in [0.4, 0.5) is 0 Å². The summed E-state index contributed by atoms with van der Waals surface area (Å²) in [6.07, 6.45) is 15.3. The molecule has 0 saturated heterocycles. The zero-order chi connectivity index (χ0) is 28.5. The molecule has 0 spiro atoms. The van der Waals surface area contributed by atoms with E-state index < -0.39 is 0 Å². The molecule has 3 aromatic heterocycles. The molecule has 0 aromatic carbocycles. The number of unbranched alkanes of at least 4 members (excludes halogenated alkanes) is 7. The van der Waals surface area contributed by atoms with Crippen LogP contribution in [0.5, 0.6) is 0 Å². The predicted molar refractivity (Wildman–Crippen MR) is 177 cm³/mol. The predicted octanol–water partition coefficient (Wildman–Crippen LogP) is 12.5. The van der Waals surface area contributed by atoms with Gasteiger partial charge in [-0.15, -0.1) is 34.0 Å². The second kappa shape index (κ2) is 19.6. The fourth-order valence-corrected chi connectivity index (χ4v) is 7.52. The monoisotopic (exact) mass is 588 g/mol. The maximum atomic E-state index is 12.4. The van der Waals surface area contributed by atoms with Crippen molar-refractivity contribution in [2.45, 2.75) is 131 Å². The Morgan fingerprint density at radius 2 is 1.05 bits per heavy atom. The Bertz CT molecular complexity index is 990. The van der Waals surface area contributed by atoms with Crippen molar-refractivity contribution < 1.29 is 9.53 Å². The molecule has 0 saturated carbocycles. The van der Waals surface area contributed by atoms with Crippen molar-refractivity contribution >= 4 is 40.0 Å². The minimum absolute atomic E-state index is 0.0629. The summed E-state index contributed by atoms with van der Waals surface area (Å²) in [4.78, 5) is 20.7. The van der Waals surface area contributed by atoms with Crippen molar-refractivity contribution in [1.29, 1.82) is 0 Å². The van der Waals surface area contributed by atoms with Gasteiger partial charge in [0, 0.05) is 29.3 Å². The van der Waals surface area contributed by atoms with E-state index in [4.69, 9.17) is 4.74 Å². The van der Waals surface area contributed by atoms with Crippen LogP contribution in [0.1, 0.15) is 121 Å². The van der Waals surface area contributed by atoms with Gasteiger partial charge in [0.1, 0.15) is 0 Å². The van der Waals surface area contributed by atoms with E-state index in [-0.39, 0.29) is 18.0 Å². The van der Waals surface area contributed by atoms with Crippen molar-refractivity contribution in [3.8, 4) is 19.5 Å². The molecular weight excluding hydrogens is 537 g/mol. The van der Waals surface area contributed by atoms with Gasteiger partial charge >= 0.3 is 5.97 Å². The summed E-state index contributed by atoms with van der Waals surface area (Å²) in [5.41, 5.74) is 0. The molecule has 2 unspecified atom stereocenters. The van der Waals surface area contributed by atoms with Crippen LogP contribution in [0.3, 0.4) is 0 Å². The molecule has 0 fully saturated rings. The maximum Gasteiger partial charge on any atom is 0.309 e. The van der Waals surface area contributed by atoms with Crippen LogP contribution in [0.25, 0.3) is 19.5 Å². The Morgan fingerprint density at radius 3 is 1.51 bits per heavy atom. The topological polar surface area (TPSA) is 26.3 Å². The first-order valence-corrected chi connectivity index (χ1v) is 17.8. The van der Waals surface area contributed by atoms with Gasteiger partial charge in [-0.2, -0.15) is 0 Å². The van der Waals surface area contributed by atoms with Crippen LogP contribution >= 0.6 is 34.0 Å². The smallest absolute Gasteiger partial charge is 0.309 e. The third-order valence-electron chi connectivity index (χ3n) is 7.00. The van der Waals surface area contributed by atoms with E-state index in [9.17, 15) is 4.79 Å². The van der Waals surface area contributed by atoms with Crippen molar-refractivity contribution in [2.24, 2.45) is 5.92 Å². The quantitative estimate of drug-likeness (QED) is 0.116. The molecule has 0 aliphatic heterocycles. The summed E-state index contributed by atoms with van der Waals surface area (Å²) in [6, 6.07) is 13.3. The highest BCUT2D eigenvalue weighted by Crippen LogP contribution is 2.39. The third kappa shape index (κ3) is 13.2. The zero-order valence-corrected chi connectivity index (χ0v) is 27.8. The average Bonchev–Trinajstić information content (AvgIpc) is 3.67. The molecule has 0 amide bonds. The van der Waals surface area contributed by atoms with Gasteiger partial charge in [-0.3, -0.25) is 4.79 Å². The molecule has 0 aliphatic carbocycles. The lowest BCUT2D eigenvalue weighted by Gasteiger charge is -2.19. The molecule has 218 valence electrons. The standard InChI is InChI=1S/C20H40O2.C14H12S3/c1-5-8-11-13-15-18(4)22-20(21)19(16-10-7-3)17-14-12-9-6-2;1-9-3-5-11(15-9)13-7-8-14(17-13)12-6-4-10(2)16-12/h18-19H,5-17H2,1-4H3;3-8H,1-2H3. The molecule has 39 heavy (non-hydrogen) atoms. The molecule has 2 atom stereocenters. The van der Waals surface area contributed by atoms with E-state index in [0.29, 0.717) is 0 Å². The maximum absolute atomic E-state index is 12.4. The van der Waals surface area contributed by atoms with Gasteiger partial charge in [-0.25, -0.2) is 0 Å². The highest BCUT2D eigenvalue weighted by atomic mass is 32.1. The van der Waals surface area contributed by atoms with E-state index in [0.717, 1.165) is 32.1 Å². The minimum Gasteiger partial charge on any atom is -0.462 e. The lowest BCUT2D eigenvalue weighted by Crippen LogP contribution is -2.23. The molecule has 0 aliphatic rings. The number of hydrogen-bond acceptors (Lipinski definition) is 5. The summed E-state index contributed by atoms with van der Waals surface area (Å²) in [5.74, 6) is 0.197. The number of carbonyl (C=O) groups is 1. The number of rotatable bonds is 17. The van der Waals surface area contributed by atoms with Gasteiger partial charge < -0.3 is 4.74 Å². The van der Waals surface area contributed by atoms with Crippen LogP contribution < -0.4 is 0 Å². The molecule has 3 aromatic rings. The van der Waals surface area contributed by atoms with Gasteiger partial charge in [0.2, 0.25) is 0 Å². The molecule has 3 heterocycles. The van der Waals surface area contributed by atoms with Gasteiger partial charge in [0.05, 0.1) is 12.0 Å². The van der Waals surface area contributed by atoms with Crippen LogP contribution in [0.2, 0.25) is 0 Å².